The maximum atomic E-state index is 12.1. The highest BCUT2D eigenvalue weighted by Gasteiger charge is 2.25. The second kappa shape index (κ2) is 7.79. The predicted molar refractivity (Wildman–Crippen MR) is 92.3 cm³/mol. The third-order valence-electron chi connectivity index (χ3n) is 4.77. The number of methoxy groups -OCH3 is 1. The maximum Gasteiger partial charge on any atom is 0.237 e. The van der Waals surface area contributed by atoms with E-state index in [2.05, 4.69) is 25.5 Å². The molecule has 7 nitrogen and oxygen atoms in total. The van der Waals surface area contributed by atoms with E-state index in [1.165, 1.54) is 0 Å². The topological polar surface area (TPSA) is 79.4 Å². The molecular formula is C17H27N5O2. The Kier molecular flexibility index (Phi) is 5.50. The molecule has 132 valence electrons. The summed E-state index contributed by atoms with van der Waals surface area (Å²) in [6, 6.07) is 1.83. The number of aromatic nitrogens is 2. The number of amides is 1. The van der Waals surface area contributed by atoms with Gasteiger partial charge in [0.05, 0.1) is 13.2 Å². The number of ether oxygens (including phenoxy) is 1. The van der Waals surface area contributed by atoms with Gasteiger partial charge in [0.1, 0.15) is 0 Å². The number of nitrogens with one attached hydrogen (secondary N) is 2. The Morgan fingerprint density at radius 1 is 1.42 bits per heavy atom. The molecule has 0 spiro atoms. The molecule has 1 aromatic rings. The standard InChI is InChI=1S/C17H27N5O2/c1-12-9-15(24-2)21-17(20-12)22-8-4-5-13(11-22)10-19-16(23)14-6-3-7-18-14/h9,13-14,18H,3-8,10-11H2,1-2H3,(H,19,23). The van der Waals surface area contributed by atoms with Crippen LogP contribution in [0.25, 0.3) is 0 Å². The maximum absolute atomic E-state index is 12.1. The average molecular weight is 333 g/mol. The molecule has 2 unspecified atom stereocenters. The van der Waals surface area contributed by atoms with Crippen molar-refractivity contribution in [3.05, 3.63) is 11.8 Å². The van der Waals surface area contributed by atoms with Crippen LogP contribution in [-0.4, -0.2) is 55.2 Å². The molecule has 3 heterocycles. The molecule has 2 fully saturated rings. The van der Waals surface area contributed by atoms with Gasteiger partial charge in [-0.1, -0.05) is 0 Å². The molecule has 3 rings (SSSR count). The summed E-state index contributed by atoms with van der Waals surface area (Å²) < 4.78 is 5.25. The quantitative estimate of drug-likeness (QED) is 0.833. The lowest BCUT2D eigenvalue weighted by atomic mass is 9.98. The van der Waals surface area contributed by atoms with Crippen LogP contribution in [0.4, 0.5) is 5.95 Å². The van der Waals surface area contributed by atoms with Crippen LogP contribution in [0.1, 0.15) is 31.4 Å². The van der Waals surface area contributed by atoms with Crippen molar-refractivity contribution in [3.63, 3.8) is 0 Å². The molecule has 2 atom stereocenters. The average Bonchev–Trinajstić information content (AvgIpc) is 3.14. The van der Waals surface area contributed by atoms with Crippen molar-refractivity contribution in [2.24, 2.45) is 5.92 Å². The molecule has 24 heavy (non-hydrogen) atoms. The zero-order valence-corrected chi connectivity index (χ0v) is 14.5. The van der Waals surface area contributed by atoms with Crippen LogP contribution in [0.15, 0.2) is 6.07 Å². The molecular weight excluding hydrogens is 306 g/mol. The van der Waals surface area contributed by atoms with Crippen molar-refractivity contribution in [1.29, 1.82) is 0 Å². The van der Waals surface area contributed by atoms with Crippen LogP contribution >= 0.6 is 0 Å². The zero-order chi connectivity index (χ0) is 16.9. The SMILES string of the molecule is COc1cc(C)nc(N2CCCC(CNC(=O)C3CCCN3)C2)n1. The van der Waals surface area contributed by atoms with E-state index < -0.39 is 0 Å². The first kappa shape index (κ1) is 17.0. The molecule has 2 N–H and O–H groups in total. The predicted octanol–water partition coefficient (Wildman–Crippen LogP) is 0.878. The van der Waals surface area contributed by atoms with E-state index in [0.717, 1.165) is 63.5 Å². The highest BCUT2D eigenvalue weighted by atomic mass is 16.5. The fraction of sp³-hybridized carbons (Fsp3) is 0.706. The van der Waals surface area contributed by atoms with E-state index in [1.807, 2.05) is 13.0 Å². The summed E-state index contributed by atoms with van der Waals surface area (Å²) in [5, 5.41) is 6.35. The van der Waals surface area contributed by atoms with Gasteiger partial charge < -0.3 is 20.3 Å². The molecule has 7 heteroatoms. The molecule has 1 aromatic heterocycles. The second-order valence-electron chi connectivity index (χ2n) is 6.70. The number of hydrogen-bond acceptors (Lipinski definition) is 6. The third kappa shape index (κ3) is 4.14. The largest absolute Gasteiger partial charge is 0.481 e. The number of carbonyl (C=O) groups excluding carboxylic acids is 1. The van der Waals surface area contributed by atoms with Crippen LogP contribution in [0.5, 0.6) is 5.88 Å². The van der Waals surface area contributed by atoms with E-state index in [4.69, 9.17) is 4.74 Å². The molecule has 0 aromatic carbocycles. The van der Waals surface area contributed by atoms with E-state index in [0.29, 0.717) is 11.8 Å². The first-order chi connectivity index (χ1) is 11.7. The minimum atomic E-state index is -0.00550. The minimum Gasteiger partial charge on any atom is -0.481 e. The Labute approximate surface area is 143 Å². The smallest absolute Gasteiger partial charge is 0.237 e. The monoisotopic (exact) mass is 333 g/mol. The van der Waals surface area contributed by atoms with Crippen molar-refractivity contribution < 1.29 is 9.53 Å². The number of aryl methyl sites for hydroxylation is 1. The lowest BCUT2D eigenvalue weighted by Gasteiger charge is -2.33. The molecule has 0 bridgehead atoms. The number of hydrogen-bond donors (Lipinski definition) is 2. The summed E-state index contributed by atoms with van der Waals surface area (Å²) in [6.45, 7) is 5.43. The fourth-order valence-corrected chi connectivity index (χ4v) is 3.46. The summed E-state index contributed by atoms with van der Waals surface area (Å²) in [6.07, 6.45) is 4.24. The first-order valence-electron chi connectivity index (χ1n) is 8.81. The Morgan fingerprint density at radius 3 is 3.04 bits per heavy atom. The minimum absolute atomic E-state index is 0.00550. The van der Waals surface area contributed by atoms with Crippen LogP contribution in [0.3, 0.4) is 0 Å². The van der Waals surface area contributed by atoms with Gasteiger partial charge in [-0.05, 0) is 45.1 Å². The Hall–Kier alpha value is -1.89. The summed E-state index contributed by atoms with van der Waals surface area (Å²) in [7, 11) is 1.62. The number of piperidine rings is 1. The van der Waals surface area contributed by atoms with Gasteiger partial charge >= 0.3 is 0 Å². The van der Waals surface area contributed by atoms with E-state index >= 15 is 0 Å². The molecule has 2 saturated heterocycles. The molecule has 0 saturated carbocycles. The zero-order valence-electron chi connectivity index (χ0n) is 14.5. The van der Waals surface area contributed by atoms with Gasteiger partial charge in [-0.25, -0.2) is 4.98 Å². The summed E-state index contributed by atoms with van der Waals surface area (Å²) in [4.78, 5) is 23.3. The normalized spacial score (nSPS) is 24.0. The lowest BCUT2D eigenvalue weighted by molar-refractivity contribution is -0.122. The highest BCUT2D eigenvalue weighted by Crippen LogP contribution is 2.22. The second-order valence-corrected chi connectivity index (χ2v) is 6.70. The molecule has 2 aliphatic rings. The lowest BCUT2D eigenvalue weighted by Crippen LogP contribution is -2.45. The van der Waals surface area contributed by atoms with Gasteiger partial charge in [0.25, 0.3) is 0 Å². The van der Waals surface area contributed by atoms with E-state index in [9.17, 15) is 4.79 Å². The van der Waals surface area contributed by atoms with Crippen molar-refractivity contribution in [3.8, 4) is 5.88 Å². The summed E-state index contributed by atoms with van der Waals surface area (Å²) in [5.74, 6) is 1.89. The van der Waals surface area contributed by atoms with Gasteiger partial charge in [0, 0.05) is 31.4 Å². The molecule has 2 aliphatic heterocycles. The number of anilines is 1. The van der Waals surface area contributed by atoms with E-state index in [-0.39, 0.29) is 11.9 Å². The Morgan fingerprint density at radius 2 is 2.29 bits per heavy atom. The van der Waals surface area contributed by atoms with Gasteiger partial charge in [-0.15, -0.1) is 0 Å². The molecule has 0 aliphatic carbocycles. The van der Waals surface area contributed by atoms with Crippen LogP contribution in [-0.2, 0) is 4.79 Å². The van der Waals surface area contributed by atoms with Crippen molar-refractivity contribution in [1.82, 2.24) is 20.6 Å². The van der Waals surface area contributed by atoms with Gasteiger partial charge in [-0.2, -0.15) is 4.98 Å². The number of rotatable bonds is 5. The third-order valence-corrected chi connectivity index (χ3v) is 4.77. The van der Waals surface area contributed by atoms with Crippen LogP contribution in [0, 0.1) is 12.8 Å². The van der Waals surface area contributed by atoms with Crippen molar-refractivity contribution in [2.45, 2.75) is 38.6 Å². The molecule has 0 radical (unpaired) electrons. The Bertz CT molecular complexity index is 574. The molecule has 1 amide bonds. The van der Waals surface area contributed by atoms with Crippen LogP contribution in [0.2, 0.25) is 0 Å². The number of carbonyl (C=O) groups is 1. The van der Waals surface area contributed by atoms with E-state index in [1.54, 1.807) is 7.11 Å². The highest BCUT2D eigenvalue weighted by molar-refractivity contribution is 5.81. The fourth-order valence-electron chi connectivity index (χ4n) is 3.46. The van der Waals surface area contributed by atoms with Gasteiger partial charge in [0.2, 0.25) is 17.7 Å². The first-order valence-corrected chi connectivity index (χ1v) is 8.81. The summed E-state index contributed by atoms with van der Waals surface area (Å²) >= 11 is 0. The summed E-state index contributed by atoms with van der Waals surface area (Å²) in [5.41, 5.74) is 0.902. The van der Waals surface area contributed by atoms with Crippen molar-refractivity contribution in [2.75, 3.05) is 38.2 Å². The number of nitrogens with zero attached hydrogens (tertiary/aromatic N) is 3. The van der Waals surface area contributed by atoms with Crippen molar-refractivity contribution >= 4 is 11.9 Å². The van der Waals surface area contributed by atoms with Gasteiger partial charge in [0.15, 0.2) is 0 Å². The Balaban J connectivity index is 1.56. The van der Waals surface area contributed by atoms with Crippen LogP contribution < -0.4 is 20.3 Å². The van der Waals surface area contributed by atoms with Gasteiger partial charge in [-0.3, -0.25) is 4.79 Å².